The first-order valence-electron chi connectivity index (χ1n) is 12.0. The molecule has 7 nitrogen and oxygen atoms in total. The van der Waals surface area contributed by atoms with E-state index in [2.05, 4.69) is 0 Å². The number of hydrogen-bond donors (Lipinski definition) is 0. The van der Waals surface area contributed by atoms with Crippen LogP contribution in [0.2, 0.25) is 0 Å². The molecule has 0 saturated carbocycles. The minimum Gasteiger partial charge on any atom is -0.322 e. The molecule has 2 saturated heterocycles. The van der Waals surface area contributed by atoms with Crippen LogP contribution in [0.3, 0.4) is 0 Å². The van der Waals surface area contributed by atoms with Crippen LogP contribution < -0.4 is 0 Å². The Kier molecular flexibility index (Phi) is 7.47. The van der Waals surface area contributed by atoms with E-state index in [1.165, 1.54) is 26.2 Å². The Hall–Kier alpha value is -2.85. The van der Waals surface area contributed by atoms with Gasteiger partial charge in [0.1, 0.15) is 11.6 Å². The Labute approximate surface area is 210 Å². The average Bonchev–Trinajstić information content (AvgIpc) is 3.06. The second-order valence-electron chi connectivity index (χ2n) is 9.77. The molecule has 2 aromatic rings. The summed E-state index contributed by atoms with van der Waals surface area (Å²) in [5.74, 6) is -2.68. The highest BCUT2D eigenvalue weighted by Crippen LogP contribution is 2.40. The van der Waals surface area contributed by atoms with Gasteiger partial charge < -0.3 is 4.90 Å². The number of benzene rings is 2. The normalized spacial score (nSPS) is 22.8. The number of amides is 3. The molecule has 0 aromatic heterocycles. The smallest absolute Gasteiger partial charge is 0.322 e. The lowest BCUT2D eigenvalue weighted by Crippen LogP contribution is -2.41. The maximum absolute atomic E-state index is 14.2. The molecule has 1 unspecified atom stereocenters. The van der Waals surface area contributed by atoms with E-state index in [0.717, 1.165) is 17.9 Å². The second kappa shape index (κ2) is 10.3. The zero-order valence-electron chi connectivity index (χ0n) is 20.6. The van der Waals surface area contributed by atoms with Gasteiger partial charge in [0.2, 0.25) is 15.9 Å². The SMILES string of the molecule is C[C@H]1C(c2ccccc2)N(C(=O)C[C@@H](c2cc(F)cc(F)c2)C2CCN(S(C)(=O)=O)CC2)C(=O)N1C. The van der Waals surface area contributed by atoms with Crippen LogP contribution in [0.15, 0.2) is 48.5 Å². The molecule has 194 valence electrons. The summed E-state index contributed by atoms with van der Waals surface area (Å²) in [5, 5.41) is 0. The van der Waals surface area contributed by atoms with Gasteiger partial charge >= 0.3 is 6.03 Å². The van der Waals surface area contributed by atoms with E-state index in [9.17, 15) is 26.8 Å². The predicted molar refractivity (Wildman–Crippen MR) is 132 cm³/mol. The van der Waals surface area contributed by atoms with Crippen molar-refractivity contribution in [3.63, 3.8) is 0 Å². The molecule has 4 rings (SSSR count). The predicted octanol–water partition coefficient (Wildman–Crippen LogP) is 4.13. The molecule has 2 fully saturated rings. The van der Waals surface area contributed by atoms with Crippen molar-refractivity contribution in [1.29, 1.82) is 0 Å². The minimum absolute atomic E-state index is 0.123. The van der Waals surface area contributed by atoms with E-state index < -0.39 is 45.6 Å². The number of urea groups is 1. The van der Waals surface area contributed by atoms with Gasteiger partial charge in [-0.05, 0) is 54.9 Å². The third-order valence-corrected chi connectivity index (χ3v) is 8.81. The number of likely N-dealkylation sites (N-methyl/N-ethyl adjacent to an activating group) is 1. The highest BCUT2D eigenvalue weighted by Gasteiger charge is 2.46. The number of imide groups is 1. The third-order valence-electron chi connectivity index (χ3n) is 7.51. The molecule has 0 bridgehead atoms. The van der Waals surface area contributed by atoms with Crippen LogP contribution in [0.4, 0.5) is 13.6 Å². The van der Waals surface area contributed by atoms with Gasteiger partial charge in [-0.1, -0.05) is 30.3 Å². The number of hydrogen-bond acceptors (Lipinski definition) is 4. The first kappa shape index (κ1) is 26.2. The number of carbonyl (C=O) groups excluding carboxylic acids is 2. The fourth-order valence-electron chi connectivity index (χ4n) is 5.47. The number of rotatable bonds is 6. The van der Waals surface area contributed by atoms with Gasteiger partial charge in [0.15, 0.2) is 0 Å². The van der Waals surface area contributed by atoms with Crippen molar-refractivity contribution >= 4 is 22.0 Å². The van der Waals surface area contributed by atoms with Gasteiger partial charge in [0.25, 0.3) is 0 Å². The molecule has 3 atom stereocenters. The summed E-state index contributed by atoms with van der Waals surface area (Å²) in [6.07, 6.45) is 1.91. The Morgan fingerprint density at radius 2 is 1.64 bits per heavy atom. The van der Waals surface area contributed by atoms with Crippen LogP contribution in [0.25, 0.3) is 0 Å². The molecule has 2 aliphatic rings. The first-order chi connectivity index (χ1) is 17.0. The maximum Gasteiger partial charge on any atom is 0.327 e. The van der Waals surface area contributed by atoms with Crippen molar-refractivity contribution in [3.8, 4) is 0 Å². The summed E-state index contributed by atoms with van der Waals surface area (Å²) in [4.78, 5) is 29.7. The quantitative estimate of drug-likeness (QED) is 0.575. The second-order valence-corrected chi connectivity index (χ2v) is 11.7. The lowest BCUT2D eigenvalue weighted by molar-refractivity contribution is -0.130. The van der Waals surface area contributed by atoms with E-state index in [-0.39, 0.29) is 31.5 Å². The lowest BCUT2D eigenvalue weighted by atomic mass is 9.78. The number of sulfonamides is 1. The molecule has 0 radical (unpaired) electrons. The summed E-state index contributed by atoms with van der Waals surface area (Å²) in [5.41, 5.74) is 1.16. The minimum atomic E-state index is -3.36. The van der Waals surface area contributed by atoms with Gasteiger partial charge in [0.05, 0.1) is 18.3 Å². The van der Waals surface area contributed by atoms with E-state index in [0.29, 0.717) is 18.4 Å². The van der Waals surface area contributed by atoms with Crippen molar-refractivity contribution in [1.82, 2.24) is 14.1 Å². The summed E-state index contributed by atoms with van der Waals surface area (Å²) >= 11 is 0. The third kappa shape index (κ3) is 5.29. The Bertz CT molecular complexity index is 1210. The summed E-state index contributed by atoms with van der Waals surface area (Å²) in [7, 11) is -1.71. The van der Waals surface area contributed by atoms with Crippen LogP contribution in [0.5, 0.6) is 0 Å². The molecule has 2 aromatic carbocycles. The highest BCUT2D eigenvalue weighted by atomic mass is 32.2. The molecule has 2 heterocycles. The number of halogens is 2. The molecule has 0 N–H and O–H groups in total. The highest BCUT2D eigenvalue weighted by molar-refractivity contribution is 7.88. The Morgan fingerprint density at radius 1 is 1.06 bits per heavy atom. The molecule has 2 aliphatic heterocycles. The molecule has 3 amide bonds. The van der Waals surface area contributed by atoms with E-state index in [1.807, 2.05) is 37.3 Å². The largest absolute Gasteiger partial charge is 0.327 e. The van der Waals surface area contributed by atoms with Gasteiger partial charge in [-0.2, -0.15) is 0 Å². The number of carbonyl (C=O) groups is 2. The molecule has 0 spiro atoms. The van der Waals surface area contributed by atoms with Gasteiger partial charge in [0, 0.05) is 32.6 Å². The monoisotopic (exact) mass is 519 g/mol. The first-order valence-corrected chi connectivity index (χ1v) is 13.9. The van der Waals surface area contributed by atoms with E-state index in [1.54, 1.807) is 7.05 Å². The summed E-state index contributed by atoms with van der Waals surface area (Å²) < 4.78 is 53.7. The standard InChI is InChI=1S/C26H31F2N3O4S/c1-17-25(19-7-5-4-6-8-19)31(26(33)29(17)2)24(32)16-23(20-13-21(27)15-22(28)14-20)18-9-11-30(12-10-18)36(3,34)35/h4-8,13-15,17-18,23,25H,9-12,16H2,1-3H3/t17-,23+,25?/m0/s1. The molecular formula is C26H31F2N3O4S. The molecule has 0 aliphatic carbocycles. The Morgan fingerprint density at radius 3 is 2.19 bits per heavy atom. The topological polar surface area (TPSA) is 78.0 Å². The van der Waals surface area contributed by atoms with Gasteiger partial charge in [-0.25, -0.2) is 26.3 Å². The summed E-state index contributed by atoms with van der Waals surface area (Å²) in [6.45, 7) is 2.41. The number of nitrogens with zero attached hydrogens (tertiary/aromatic N) is 3. The molecule has 36 heavy (non-hydrogen) atoms. The zero-order valence-corrected chi connectivity index (χ0v) is 21.4. The van der Waals surface area contributed by atoms with Crippen molar-refractivity contribution < 1.29 is 26.8 Å². The lowest BCUT2D eigenvalue weighted by Gasteiger charge is -2.36. The number of piperidine rings is 1. The Balaban J connectivity index is 1.65. The van der Waals surface area contributed by atoms with Crippen LogP contribution in [-0.4, -0.2) is 66.9 Å². The zero-order chi connectivity index (χ0) is 26.2. The van der Waals surface area contributed by atoms with Crippen LogP contribution in [0, 0.1) is 17.6 Å². The van der Waals surface area contributed by atoms with E-state index in [4.69, 9.17) is 0 Å². The average molecular weight is 520 g/mol. The fraction of sp³-hybridized carbons (Fsp3) is 0.462. The summed E-state index contributed by atoms with van der Waals surface area (Å²) in [6, 6.07) is 11.3. The van der Waals surface area contributed by atoms with Gasteiger partial charge in [-0.3, -0.25) is 9.69 Å². The molecular weight excluding hydrogens is 488 g/mol. The van der Waals surface area contributed by atoms with Crippen LogP contribution in [0.1, 0.15) is 49.3 Å². The van der Waals surface area contributed by atoms with Crippen molar-refractivity contribution in [3.05, 3.63) is 71.3 Å². The van der Waals surface area contributed by atoms with Crippen LogP contribution >= 0.6 is 0 Å². The fourth-order valence-corrected chi connectivity index (χ4v) is 6.35. The van der Waals surface area contributed by atoms with Crippen molar-refractivity contribution in [2.45, 2.75) is 44.2 Å². The maximum atomic E-state index is 14.2. The van der Waals surface area contributed by atoms with Crippen molar-refractivity contribution in [2.24, 2.45) is 5.92 Å². The van der Waals surface area contributed by atoms with E-state index >= 15 is 0 Å². The van der Waals surface area contributed by atoms with Gasteiger partial charge in [-0.15, -0.1) is 0 Å². The molecule has 10 heteroatoms. The van der Waals surface area contributed by atoms with Crippen molar-refractivity contribution in [2.75, 3.05) is 26.4 Å². The van der Waals surface area contributed by atoms with Crippen LogP contribution in [-0.2, 0) is 14.8 Å².